The van der Waals surface area contributed by atoms with Gasteiger partial charge in [-0.2, -0.15) is 4.98 Å². The summed E-state index contributed by atoms with van der Waals surface area (Å²) in [5, 5.41) is 6.15. The standard InChI is InChI=1S/C35H42N6O5/c1-7-40(8-2)21-11-19-36-33(42)26-14-10-15-27(22-26)38-34-37-20-18-31(39-34)41(29-17-16-28(44-5)23-30(29)45-6)35(43)46-32-24(3)12-9-13-25(32)4/h9-10,12-18,20,22-23H,7-8,11,19,21H2,1-6H3,(H,36,42)(H,37,38,39). The number of para-hydroxylation sites is 1. The van der Waals surface area contributed by atoms with E-state index < -0.39 is 6.09 Å². The maximum absolute atomic E-state index is 13.9. The van der Waals surface area contributed by atoms with Gasteiger partial charge in [0, 0.05) is 36.1 Å². The Hall–Kier alpha value is -5.16. The maximum Gasteiger partial charge on any atom is 0.425 e. The van der Waals surface area contributed by atoms with Gasteiger partial charge in [0.15, 0.2) is 0 Å². The van der Waals surface area contributed by atoms with E-state index in [9.17, 15) is 9.59 Å². The van der Waals surface area contributed by atoms with Crippen molar-refractivity contribution in [3.63, 3.8) is 0 Å². The fraction of sp³-hybridized carbons (Fsp3) is 0.314. The highest BCUT2D eigenvalue weighted by atomic mass is 16.6. The largest absolute Gasteiger partial charge is 0.497 e. The highest BCUT2D eigenvalue weighted by Gasteiger charge is 2.27. The predicted octanol–water partition coefficient (Wildman–Crippen LogP) is 6.65. The molecule has 2 amide bonds. The Labute approximate surface area is 270 Å². The fourth-order valence-corrected chi connectivity index (χ4v) is 4.93. The summed E-state index contributed by atoms with van der Waals surface area (Å²) in [7, 11) is 3.06. The number of aryl methyl sites for hydroxylation is 2. The molecular weight excluding hydrogens is 584 g/mol. The molecule has 0 aliphatic rings. The highest BCUT2D eigenvalue weighted by molar-refractivity contribution is 5.98. The van der Waals surface area contributed by atoms with E-state index in [0.717, 1.165) is 37.2 Å². The van der Waals surface area contributed by atoms with Gasteiger partial charge in [0.2, 0.25) is 5.95 Å². The van der Waals surface area contributed by atoms with E-state index in [1.165, 1.54) is 18.2 Å². The molecule has 4 rings (SSSR count). The Morgan fingerprint density at radius 2 is 1.63 bits per heavy atom. The topological polar surface area (TPSA) is 118 Å². The first-order chi connectivity index (χ1) is 22.3. The van der Waals surface area contributed by atoms with E-state index in [0.29, 0.717) is 40.7 Å². The summed E-state index contributed by atoms with van der Waals surface area (Å²) in [6.07, 6.45) is 1.71. The van der Waals surface area contributed by atoms with Crippen LogP contribution in [0.15, 0.2) is 72.9 Å². The first kappa shape index (κ1) is 33.7. The zero-order valence-corrected chi connectivity index (χ0v) is 27.3. The number of hydrogen-bond acceptors (Lipinski definition) is 9. The van der Waals surface area contributed by atoms with Crippen molar-refractivity contribution < 1.29 is 23.8 Å². The van der Waals surface area contributed by atoms with Gasteiger partial charge in [-0.25, -0.2) is 14.7 Å². The van der Waals surface area contributed by atoms with E-state index >= 15 is 0 Å². The lowest BCUT2D eigenvalue weighted by molar-refractivity contribution is 0.0951. The van der Waals surface area contributed by atoms with Crippen molar-refractivity contribution in [3.05, 3.63) is 89.6 Å². The van der Waals surface area contributed by atoms with Crippen LogP contribution in [0.1, 0.15) is 41.8 Å². The number of carbonyl (C=O) groups excluding carboxylic acids is 2. The molecule has 0 unspecified atom stereocenters. The molecule has 0 saturated heterocycles. The van der Waals surface area contributed by atoms with Crippen molar-refractivity contribution in [3.8, 4) is 17.2 Å². The Bertz CT molecular complexity index is 1620. The third-order valence-electron chi connectivity index (χ3n) is 7.49. The number of benzene rings is 3. The first-order valence-electron chi connectivity index (χ1n) is 15.3. The van der Waals surface area contributed by atoms with Crippen LogP contribution in [0.5, 0.6) is 17.2 Å². The number of aromatic nitrogens is 2. The maximum atomic E-state index is 13.9. The van der Waals surface area contributed by atoms with Crippen LogP contribution in [-0.2, 0) is 0 Å². The zero-order valence-electron chi connectivity index (χ0n) is 27.3. The molecule has 0 bridgehead atoms. The van der Waals surface area contributed by atoms with E-state index in [2.05, 4.69) is 39.3 Å². The molecule has 46 heavy (non-hydrogen) atoms. The Morgan fingerprint density at radius 1 is 0.891 bits per heavy atom. The summed E-state index contributed by atoms with van der Waals surface area (Å²) in [4.78, 5) is 39.4. The number of hydrogen-bond donors (Lipinski definition) is 2. The van der Waals surface area contributed by atoms with Crippen LogP contribution < -0.4 is 29.7 Å². The Morgan fingerprint density at radius 3 is 2.33 bits per heavy atom. The fourth-order valence-electron chi connectivity index (χ4n) is 4.93. The van der Waals surface area contributed by atoms with Crippen LogP contribution in [-0.4, -0.2) is 67.3 Å². The summed E-state index contributed by atoms with van der Waals surface area (Å²) >= 11 is 0. The van der Waals surface area contributed by atoms with Gasteiger partial charge in [0.05, 0.1) is 19.9 Å². The van der Waals surface area contributed by atoms with Crippen LogP contribution in [0.4, 0.5) is 27.9 Å². The number of methoxy groups -OCH3 is 2. The second-order valence-corrected chi connectivity index (χ2v) is 10.5. The predicted molar refractivity (Wildman–Crippen MR) is 180 cm³/mol. The monoisotopic (exact) mass is 626 g/mol. The smallest absolute Gasteiger partial charge is 0.425 e. The molecule has 2 N–H and O–H groups in total. The highest BCUT2D eigenvalue weighted by Crippen LogP contribution is 2.37. The third-order valence-corrected chi connectivity index (χ3v) is 7.49. The molecule has 0 radical (unpaired) electrons. The SMILES string of the molecule is CCN(CC)CCCNC(=O)c1cccc(Nc2nccc(N(C(=O)Oc3c(C)cccc3C)c3ccc(OC)cc3OC)n2)c1. The molecule has 0 saturated carbocycles. The molecule has 3 aromatic carbocycles. The summed E-state index contributed by atoms with van der Waals surface area (Å²) in [6, 6.07) is 19.4. The van der Waals surface area contributed by atoms with Gasteiger partial charge in [-0.05, 0) is 81.4 Å². The van der Waals surface area contributed by atoms with Crippen LogP contribution in [0.2, 0.25) is 0 Å². The molecule has 0 spiro atoms. The van der Waals surface area contributed by atoms with Crippen LogP contribution >= 0.6 is 0 Å². The van der Waals surface area contributed by atoms with Crippen molar-refractivity contribution in [2.24, 2.45) is 0 Å². The Kier molecular flexibility index (Phi) is 11.9. The summed E-state index contributed by atoms with van der Waals surface area (Å²) < 4.78 is 16.9. The van der Waals surface area contributed by atoms with Crippen LogP contribution in [0, 0.1) is 13.8 Å². The number of nitrogens with zero attached hydrogens (tertiary/aromatic N) is 4. The minimum absolute atomic E-state index is 0.162. The molecule has 1 heterocycles. The number of carbonyl (C=O) groups is 2. The minimum Gasteiger partial charge on any atom is -0.497 e. The number of amides is 2. The minimum atomic E-state index is -0.690. The van der Waals surface area contributed by atoms with Crippen molar-refractivity contribution in [2.75, 3.05) is 50.6 Å². The van der Waals surface area contributed by atoms with Gasteiger partial charge in [0.25, 0.3) is 5.91 Å². The lowest BCUT2D eigenvalue weighted by Crippen LogP contribution is -2.31. The molecule has 0 atom stereocenters. The van der Waals surface area contributed by atoms with Gasteiger partial charge in [-0.3, -0.25) is 4.79 Å². The molecule has 11 nitrogen and oxygen atoms in total. The van der Waals surface area contributed by atoms with Gasteiger partial charge >= 0.3 is 6.09 Å². The molecular formula is C35H42N6O5. The molecule has 4 aromatic rings. The van der Waals surface area contributed by atoms with Crippen LogP contribution in [0.3, 0.4) is 0 Å². The number of rotatable bonds is 14. The average Bonchev–Trinajstić information content (AvgIpc) is 3.07. The van der Waals surface area contributed by atoms with Crippen molar-refractivity contribution >= 4 is 35.1 Å². The molecule has 242 valence electrons. The Balaban J connectivity index is 1.59. The van der Waals surface area contributed by atoms with Crippen LogP contribution in [0.25, 0.3) is 0 Å². The molecule has 11 heteroatoms. The second kappa shape index (κ2) is 16.2. The van der Waals surface area contributed by atoms with Crippen molar-refractivity contribution in [1.82, 2.24) is 20.2 Å². The summed E-state index contributed by atoms with van der Waals surface area (Å²) in [5.74, 6) is 1.68. The second-order valence-electron chi connectivity index (χ2n) is 10.5. The van der Waals surface area contributed by atoms with Gasteiger partial charge in [-0.1, -0.05) is 38.1 Å². The average molecular weight is 627 g/mol. The summed E-state index contributed by atoms with van der Waals surface area (Å²) in [6.45, 7) is 11.5. The lowest BCUT2D eigenvalue weighted by Gasteiger charge is -2.24. The van der Waals surface area contributed by atoms with E-state index in [1.54, 1.807) is 49.6 Å². The molecule has 1 aromatic heterocycles. The van der Waals surface area contributed by atoms with E-state index in [4.69, 9.17) is 14.2 Å². The molecule has 0 fully saturated rings. The van der Waals surface area contributed by atoms with Crippen molar-refractivity contribution in [1.29, 1.82) is 0 Å². The molecule has 0 aliphatic heterocycles. The van der Waals surface area contributed by atoms with Crippen molar-refractivity contribution in [2.45, 2.75) is 34.1 Å². The first-order valence-corrected chi connectivity index (χ1v) is 15.3. The van der Waals surface area contributed by atoms with Gasteiger partial charge < -0.3 is 29.7 Å². The van der Waals surface area contributed by atoms with E-state index in [-0.39, 0.29) is 17.7 Å². The zero-order chi connectivity index (χ0) is 33.1. The third kappa shape index (κ3) is 8.51. The van der Waals surface area contributed by atoms with E-state index in [1.807, 2.05) is 38.1 Å². The van der Waals surface area contributed by atoms with Gasteiger partial charge in [-0.15, -0.1) is 0 Å². The normalized spacial score (nSPS) is 10.8. The summed E-state index contributed by atoms with van der Waals surface area (Å²) in [5.41, 5.74) is 3.13. The van der Waals surface area contributed by atoms with Gasteiger partial charge in [0.1, 0.15) is 23.1 Å². The molecule has 0 aliphatic carbocycles. The lowest BCUT2D eigenvalue weighted by atomic mass is 10.1. The number of nitrogens with one attached hydrogen (secondary N) is 2. The number of ether oxygens (including phenoxy) is 3. The quantitative estimate of drug-likeness (QED) is 0.148. The number of anilines is 4.